The number of rotatable bonds is 17. The fourth-order valence-electron chi connectivity index (χ4n) is 3.44. The largest absolute Gasteiger partial charge is 0.462 e. The number of esters is 2. The Bertz CT molecular complexity index is 687. The van der Waals surface area contributed by atoms with Gasteiger partial charge in [-0.2, -0.15) is 0 Å². The number of nitrogens with zero attached hydrogens (tertiary/aromatic N) is 2. The molecule has 2 aromatic rings. The van der Waals surface area contributed by atoms with E-state index in [1.807, 2.05) is 0 Å². The van der Waals surface area contributed by atoms with Crippen molar-refractivity contribution in [1.82, 2.24) is 9.97 Å². The van der Waals surface area contributed by atoms with Crippen LogP contribution in [0, 0.1) is 0 Å². The van der Waals surface area contributed by atoms with Gasteiger partial charge >= 0.3 is 11.9 Å². The van der Waals surface area contributed by atoms with Crippen LogP contribution in [0.1, 0.15) is 97.8 Å². The number of carbonyl (C=O) groups is 2. The first kappa shape index (κ1) is 25.5. The molecule has 0 N–H and O–H groups in total. The van der Waals surface area contributed by atoms with Crippen LogP contribution in [0.5, 0.6) is 0 Å². The van der Waals surface area contributed by atoms with E-state index in [1.54, 1.807) is 36.7 Å². The molecule has 0 bridgehead atoms. The van der Waals surface area contributed by atoms with E-state index in [4.69, 9.17) is 9.47 Å². The average Bonchev–Trinajstić information content (AvgIpc) is 2.84. The van der Waals surface area contributed by atoms with Crippen LogP contribution in [-0.2, 0) is 9.47 Å². The van der Waals surface area contributed by atoms with Gasteiger partial charge in [-0.15, -0.1) is 0 Å². The Morgan fingerprint density at radius 1 is 0.562 bits per heavy atom. The normalized spacial score (nSPS) is 10.6. The SMILES string of the molecule is O=C(OCCCCCCCCCCCCCCOC(=O)c1cccnc1)c1cccnc1. The molecule has 32 heavy (non-hydrogen) atoms. The van der Waals surface area contributed by atoms with Crippen LogP contribution in [-0.4, -0.2) is 35.1 Å². The molecule has 0 aliphatic carbocycles. The summed E-state index contributed by atoms with van der Waals surface area (Å²) in [4.78, 5) is 31.4. The van der Waals surface area contributed by atoms with Gasteiger partial charge in [-0.25, -0.2) is 9.59 Å². The van der Waals surface area contributed by atoms with Crippen molar-refractivity contribution in [3.05, 3.63) is 60.2 Å². The second-order valence-electron chi connectivity index (χ2n) is 8.00. The standard InChI is InChI=1S/C26H36N2O4/c29-25(23-15-13-17-27-21-23)31-19-11-9-7-5-3-1-2-4-6-8-10-12-20-32-26(30)24-16-14-18-28-22-24/h13-18,21-22H,1-12,19-20H2. The zero-order chi connectivity index (χ0) is 22.7. The molecule has 0 saturated heterocycles. The smallest absolute Gasteiger partial charge is 0.339 e. The summed E-state index contributed by atoms with van der Waals surface area (Å²) in [5.74, 6) is -0.576. The van der Waals surface area contributed by atoms with Gasteiger partial charge in [0.25, 0.3) is 0 Å². The van der Waals surface area contributed by atoms with E-state index in [0.29, 0.717) is 24.3 Å². The molecule has 0 fully saturated rings. The van der Waals surface area contributed by atoms with Gasteiger partial charge in [0.1, 0.15) is 0 Å². The minimum atomic E-state index is -0.288. The van der Waals surface area contributed by atoms with Gasteiger partial charge in [-0.3, -0.25) is 9.97 Å². The predicted octanol–water partition coefficient (Wildman–Crippen LogP) is 6.17. The number of carbonyl (C=O) groups excluding carboxylic acids is 2. The van der Waals surface area contributed by atoms with Crippen molar-refractivity contribution < 1.29 is 19.1 Å². The Hall–Kier alpha value is -2.76. The summed E-state index contributed by atoms with van der Waals surface area (Å²) in [6.07, 6.45) is 20.4. The quantitative estimate of drug-likeness (QED) is 0.216. The summed E-state index contributed by atoms with van der Waals surface area (Å²) in [6.45, 7) is 0.965. The van der Waals surface area contributed by atoms with Gasteiger partial charge in [0.15, 0.2) is 0 Å². The Balaban J connectivity index is 1.29. The van der Waals surface area contributed by atoms with Crippen molar-refractivity contribution in [1.29, 1.82) is 0 Å². The van der Waals surface area contributed by atoms with Gasteiger partial charge in [-0.1, -0.05) is 64.2 Å². The lowest BCUT2D eigenvalue weighted by Gasteiger charge is -2.05. The number of hydrogen-bond acceptors (Lipinski definition) is 6. The molecular weight excluding hydrogens is 404 g/mol. The summed E-state index contributed by atoms with van der Waals surface area (Å²) in [6, 6.07) is 6.91. The maximum absolute atomic E-state index is 11.8. The highest BCUT2D eigenvalue weighted by Gasteiger charge is 2.06. The summed E-state index contributed by atoms with van der Waals surface area (Å²) >= 11 is 0. The van der Waals surface area contributed by atoms with Gasteiger partial charge in [0.2, 0.25) is 0 Å². The van der Waals surface area contributed by atoms with Crippen molar-refractivity contribution in [3.63, 3.8) is 0 Å². The molecule has 2 heterocycles. The van der Waals surface area contributed by atoms with Crippen LogP contribution in [0.25, 0.3) is 0 Å². The maximum atomic E-state index is 11.8. The lowest BCUT2D eigenvalue weighted by atomic mass is 10.1. The molecule has 0 aliphatic heterocycles. The van der Waals surface area contributed by atoms with Crippen molar-refractivity contribution in [3.8, 4) is 0 Å². The van der Waals surface area contributed by atoms with Crippen LogP contribution in [0.15, 0.2) is 49.1 Å². The molecule has 6 heteroatoms. The van der Waals surface area contributed by atoms with Gasteiger partial charge < -0.3 is 9.47 Å². The first-order chi connectivity index (χ1) is 15.8. The van der Waals surface area contributed by atoms with Crippen LogP contribution >= 0.6 is 0 Å². The van der Waals surface area contributed by atoms with E-state index in [0.717, 1.165) is 25.7 Å². The third kappa shape index (κ3) is 11.6. The zero-order valence-electron chi connectivity index (χ0n) is 19.0. The average molecular weight is 441 g/mol. The number of pyridine rings is 2. The minimum Gasteiger partial charge on any atom is -0.462 e. The Morgan fingerprint density at radius 2 is 0.906 bits per heavy atom. The second kappa shape index (κ2) is 16.9. The predicted molar refractivity (Wildman–Crippen MR) is 124 cm³/mol. The molecular formula is C26H36N2O4. The fraction of sp³-hybridized carbons (Fsp3) is 0.538. The van der Waals surface area contributed by atoms with Crippen molar-refractivity contribution in [2.45, 2.75) is 77.0 Å². The molecule has 0 aliphatic rings. The van der Waals surface area contributed by atoms with E-state index in [2.05, 4.69) is 9.97 Å². The Morgan fingerprint density at radius 3 is 1.22 bits per heavy atom. The molecule has 0 amide bonds. The highest BCUT2D eigenvalue weighted by atomic mass is 16.5. The molecule has 174 valence electrons. The lowest BCUT2D eigenvalue weighted by molar-refractivity contribution is 0.0488. The molecule has 0 radical (unpaired) electrons. The lowest BCUT2D eigenvalue weighted by Crippen LogP contribution is -2.06. The highest BCUT2D eigenvalue weighted by Crippen LogP contribution is 2.12. The van der Waals surface area contributed by atoms with E-state index in [-0.39, 0.29) is 11.9 Å². The number of aromatic nitrogens is 2. The molecule has 0 unspecified atom stereocenters. The zero-order valence-corrected chi connectivity index (χ0v) is 19.0. The highest BCUT2D eigenvalue weighted by molar-refractivity contribution is 5.89. The molecule has 0 saturated carbocycles. The Labute approximate surface area is 191 Å². The minimum absolute atomic E-state index is 0.288. The van der Waals surface area contributed by atoms with Gasteiger partial charge in [0.05, 0.1) is 24.3 Å². The summed E-state index contributed by atoms with van der Waals surface area (Å²) in [5.41, 5.74) is 1.02. The monoisotopic (exact) mass is 440 g/mol. The van der Waals surface area contributed by atoms with E-state index < -0.39 is 0 Å². The topological polar surface area (TPSA) is 78.4 Å². The van der Waals surface area contributed by atoms with E-state index >= 15 is 0 Å². The van der Waals surface area contributed by atoms with Gasteiger partial charge in [-0.05, 0) is 37.1 Å². The van der Waals surface area contributed by atoms with Crippen LogP contribution in [0.4, 0.5) is 0 Å². The summed E-state index contributed by atoms with van der Waals surface area (Å²) in [5, 5.41) is 0. The van der Waals surface area contributed by atoms with Gasteiger partial charge in [0, 0.05) is 24.8 Å². The molecule has 6 nitrogen and oxygen atoms in total. The van der Waals surface area contributed by atoms with E-state index in [1.165, 1.54) is 63.8 Å². The first-order valence-electron chi connectivity index (χ1n) is 11.9. The number of unbranched alkanes of at least 4 members (excludes halogenated alkanes) is 11. The number of hydrogen-bond donors (Lipinski definition) is 0. The van der Waals surface area contributed by atoms with Crippen molar-refractivity contribution in [2.75, 3.05) is 13.2 Å². The molecule has 0 spiro atoms. The summed E-state index contributed by atoms with van der Waals surface area (Å²) in [7, 11) is 0. The molecule has 0 atom stereocenters. The Kier molecular flexibility index (Phi) is 13.4. The van der Waals surface area contributed by atoms with Crippen molar-refractivity contribution >= 4 is 11.9 Å². The fourth-order valence-corrected chi connectivity index (χ4v) is 3.44. The molecule has 2 aromatic heterocycles. The van der Waals surface area contributed by atoms with Crippen molar-refractivity contribution in [2.24, 2.45) is 0 Å². The third-order valence-corrected chi connectivity index (χ3v) is 5.30. The van der Waals surface area contributed by atoms with Crippen LogP contribution < -0.4 is 0 Å². The van der Waals surface area contributed by atoms with Crippen LogP contribution in [0.2, 0.25) is 0 Å². The molecule has 0 aromatic carbocycles. The maximum Gasteiger partial charge on any atom is 0.339 e. The number of ether oxygens (including phenoxy) is 2. The first-order valence-corrected chi connectivity index (χ1v) is 11.9. The third-order valence-electron chi connectivity index (χ3n) is 5.30. The second-order valence-corrected chi connectivity index (χ2v) is 8.00. The van der Waals surface area contributed by atoms with Crippen LogP contribution in [0.3, 0.4) is 0 Å². The molecule has 2 rings (SSSR count). The van der Waals surface area contributed by atoms with E-state index in [9.17, 15) is 9.59 Å². The summed E-state index contributed by atoms with van der Waals surface area (Å²) < 4.78 is 10.5.